The molecule has 0 aliphatic heterocycles. The van der Waals surface area contributed by atoms with Gasteiger partial charge < -0.3 is 16.4 Å². The average molecular weight is 355 g/mol. The van der Waals surface area contributed by atoms with Crippen LogP contribution in [0.4, 0.5) is 0 Å². The van der Waals surface area contributed by atoms with E-state index in [1.807, 2.05) is 43.3 Å². The van der Waals surface area contributed by atoms with Crippen LogP contribution in [0.15, 0.2) is 42.5 Å². The van der Waals surface area contributed by atoms with E-state index in [4.69, 9.17) is 5.73 Å². The summed E-state index contributed by atoms with van der Waals surface area (Å²) in [5.41, 5.74) is 6.00. The van der Waals surface area contributed by atoms with E-state index in [9.17, 15) is 9.59 Å². The molecule has 0 radical (unpaired) electrons. The topological polar surface area (TPSA) is 84.2 Å². The number of amides is 2. The number of hydrogen-bond acceptors (Lipinski definition) is 3. The monoisotopic (exact) mass is 355 g/mol. The maximum absolute atomic E-state index is 12.3. The van der Waals surface area contributed by atoms with E-state index in [1.54, 1.807) is 6.07 Å². The fourth-order valence-electron chi connectivity index (χ4n) is 3.21. The predicted molar refractivity (Wildman–Crippen MR) is 106 cm³/mol. The highest BCUT2D eigenvalue weighted by molar-refractivity contribution is 5.98. The van der Waals surface area contributed by atoms with Crippen molar-refractivity contribution in [2.75, 3.05) is 13.1 Å². The molecular formula is C21H29N3O2. The second-order valence-corrected chi connectivity index (χ2v) is 7.48. The molecule has 2 rings (SSSR count). The second kappa shape index (κ2) is 8.81. The van der Waals surface area contributed by atoms with Crippen molar-refractivity contribution in [2.24, 2.45) is 11.7 Å². The molecule has 0 bridgehead atoms. The van der Waals surface area contributed by atoms with Crippen molar-refractivity contribution in [1.82, 2.24) is 10.6 Å². The van der Waals surface area contributed by atoms with Gasteiger partial charge in [0, 0.05) is 30.6 Å². The maximum atomic E-state index is 12.3. The van der Waals surface area contributed by atoms with Crippen molar-refractivity contribution in [3.05, 3.63) is 48.0 Å². The summed E-state index contributed by atoms with van der Waals surface area (Å²) in [5, 5.41) is 7.92. The molecule has 2 aromatic rings. The number of nitrogens with one attached hydrogen (secondary N) is 2. The lowest BCUT2D eigenvalue weighted by molar-refractivity contribution is -0.122. The van der Waals surface area contributed by atoms with Gasteiger partial charge in [-0.05, 0) is 42.2 Å². The lowest BCUT2D eigenvalue weighted by atomic mass is 9.90. The molecule has 0 aromatic heterocycles. The van der Waals surface area contributed by atoms with Crippen LogP contribution in [0.5, 0.6) is 0 Å². The van der Waals surface area contributed by atoms with E-state index in [2.05, 4.69) is 24.5 Å². The minimum absolute atomic E-state index is 0.0996. The highest BCUT2D eigenvalue weighted by Gasteiger charge is 2.25. The van der Waals surface area contributed by atoms with Gasteiger partial charge in [-0.25, -0.2) is 0 Å². The molecule has 0 fully saturated rings. The summed E-state index contributed by atoms with van der Waals surface area (Å²) < 4.78 is 0. The van der Waals surface area contributed by atoms with E-state index in [0.717, 1.165) is 17.2 Å². The number of nitrogens with two attached hydrogens (primary N) is 1. The molecule has 0 aliphatic rings. The van der Waals surface area contributed by atoms with Crippen LogP contribution in [0, 0.1) is 5.92 Å². The molecule has 2 amide bonds. The van der Waals surface area contributed by atoms with Crippen molar-refractivity contribution < 1.29 is 9.59 Å². The lowest BCUT2D eigenvalue weighted by Gasteiger charge is -2.31. The van der Waals surface area contributed by atoms with Gasteiger partial charge in [-0.3, -0.25) is 9.59 Å². The Morgan fingerprint density at radius 2 is 1.81 bits per heavy atom. The first-order valence-corrected chi connectivity index (χ1v) is 9.11. The molecule has 0 saturated carbocycles. The van der Waals surface area contributed by atoms with Gasteiger partial charge in [-0.1, -0.05) is 44.2 Å². The van der Waals surface area contributed by atoms with Gasteiger partial charge in [-0.2, -0.15) is 0 Å². The third kappa shape index (κ3) is 5.56. The van der Waals surface area contributed by atoms with Crippen LogP contribution in [-0.2, 0) is 4.79 Å². The molecule has 26 heavy (non-hydrogen) atoms. The van der Waals surface area contributed by atoms with Crippen molar-refractivity contribution in [1.29, 1.82) is 0 Å². The molecule has 1 atom stereocenters. The third-order valence-corrected chi connectivity index (χ3v) is 4.40. The molecule has 2 aromatic carbocycles. The van der Waals surface area contributed by atoms with Gasteiger partial charge in [-0.15, -0.1) is 0 Å². The Bertz CT molecular complexity index is 773. The Kier molecular flexibility index (Phi) is 6.75. The molecule has 0 aliphatic carbocycles. The first-order valence-electron chi connectivity index (χ1n) is 9.11. The Balaban J connectivity index is 1.86. The van der Waals surface area contributed by atoms with E-state index in [0.29, 0.717) is 24.6 Å². The minimum atomic E-state index is -0.409. The van der Waals surface area contributed by atoms with Gasteiger partial charge in [0.1, 0.15) is 0 Å². The SMILES string of the molecule is CC(C)CC(C)(CN)NC(=O)CCNC(=O)c1ccc2ccccc2c1. The van der Waals surface area contributed by atoms with Crippen LogP contribution in [0.25, 0.3) is 10.8 Å². The normalized spacial score (nSPS) is 13.4. The Morgan fingerprint density at radius 3 is 2.46 bits per heavy atom. The van der Waals surface area contributed by atoms with Crippen LogP contribution >= 0.6 is 0 Å². The van der Waals surface area contributed by atoms with Crippen LogP contribution in [-0.4, -0.2) is 30.4 Å². The predicted octanol–water partition coefficient (Wildman–Crippen LogP) is 2.84. The number of hydrogen-bond donors (Lipinski definition) is 3. The summed E-state index contributed by atoms with van der Waals surface area (Å²) in [4.78, 5) is 24.5. The third-order valence-electron chi connectivity index (χ3n) is 4.40. The van der Waals surface area contributed by atoms with Crippen LogP contribution in [0.3, 0.4) is 0 Å². The van der Waals surface area contributed by atoms with Crippen LogP contribution < -0.4 is 16.4 Å². The van der Waals surface area contributed by atoms with Gasteiger partial charge >= 0.3 is 0 Å². The summed E-state index contributed by atoms with van der Waals surface area (Å²) >= 11 is 0. The molecule has 140 valence electrons. The standard InChI is InChI=1S/C21H29N3O2/c1-15(2)13-21(3,14-22)24-19(25)10-11-23-20(26)18-9-8-16-6-4-5-7-17(16)12-18/h4-9,12,15H,10-11,13-14,22H2,1-3H3,(H,23,26)(H,24,25). The van der Waals surface area contributed by atoms with Gasteiger partial charge in [0.25, 0.3) is 5.91 Å². The number of fused-ring (bicyclic) bond motifs is 1. The van der Waals surface area contributed by atoms with Crippen LogP contribution in [0.2, 0.25) is 0 Å². The number of rotatable bonds is 8. The molecule has 5 nitrogen and oxygen atoms in total. The molecule has 0 spiro atoms. The zero-order valence-corrected chi connectivity index (χ0v) is 15.8. The maximum Gasteiger partial charge on any atom is 0.251 e. The molecule has 0 heterocycles. The second-order valence-electron chi connectivity index (χ2n) is 7.48. The van der Waals surface area contributed by atoms with E-state index in [1.165, 1.54) is 0 Å². The molecule has 1 unspecified atom stereocenters. The van der Waals surface area contributed by atoms with Crippen molar-refractivity contribution in [3.8, 4) is 0 Å². The number of carbonyl (C=O) groups excluding carboxylic acids is 2. The largest absolute Gasteiger partial charge is 0.352 e. The number of benzene rings is 2. The first-order chi connectivity index (χ1) is 12.3. The fourth-order valence-corrected chi connectivity index (χ4v) is 3.21. The molecule has 4 N–H and O–H groups in total. The van der Waals surface area contributed by atoms with Gasteiger partial charge in [0.05, 0.1) is 0 Å². The zero-order valence-electron chi connectivity index (χ0n) is 15.8. The molecule has 5 heteroatoms. The minimum Gasteiger partial charge on any atom is -0.352 e. The van der Waals surface area contributed by atoms with E-state index >= 15 is 0 Å². The molecule has 0 saturated heterocycles. The van der Waals surface area contributed by atoms with Crippen molar-refractivity contribution in [2.45, 2.75) is 39.2 Å². The zero-order chi connectivity index (χ0) is 19.2. The fraction of sp³-hybridized carbons (Fsp3) is 0.429. The first kappa shape index (κ1) is 19.9. The number of carbonyl (C=O) groups is 2. The van der Waals surface area contributed by atoms with Crippen molar-refractivity contribution in [3.63, 3.8) is 0 Å². The highest BCUT2D eigenvalue weighted by atomic mass is 16.2. The summed E-state index contributed by atoms with van der Waals surface area (Å²) in [5.74, 6) is 0.168. The van der Waals surface area contributed by atoms with E-state index < -0.39 is 5.54 Å². The van der Waals surface area contributed by atoms with E-state index in [-0.39, 0.29) is 18.2 Å². The summed E-state index contributed by atoms with van der Waals surface area (Å²) in [7, 11) is 0. The quantitative estimate of drug-likeness (QED) is 0.681. The summed E-state index contributed by atoms with van der Waals surface area (Å²) in [6.07, 6.45) is 1.05. The Hall–Kier alpha value is -2.40. The summed E-state index contributed by atoms with van der Waals surface area (Å²) in [6.45, 7) is 6.84. The summed E-state index contributed by atoms with van der Waals surface area (Å²) in [6, 6.07) is 13.5. The van der Waals surface area contributed by atoms with Crippen LogP contribution in [0.1, 0.15) is 44.0 Å². The highest BCUT2D eigenvalue weighted by Crippen LogP contribution is 2.16. The van der Waals surface area contributed by atoms with Crippen molar-refractivity contribution >= 4 is 22.6 Å². The van der Waals surface area contributed by atoms with Gasteiger partial charge in [0.2, 0.25) is 5.91 Å². The lowest BCUT2D eigenvalue weighted by Crippen LogP contribution is -2.52. The Morgan fingerprint density at radius 1 is 1.12 bits per heavy atom. The van der Waals surface area contributed by atoms with Gasteiger partial charge in [0.15, 0.2) is 0 Å². The average Bonchev–Trinajstić information content (AvgIpc) is 2.60. The smallest absolute Gasteiger partial charge is 0.251 e. The Labute approximate surface area is 155 Å². The molecular weight excluding hydrogens is 326 g/mol.